The molecule has 7 nitrogen and oxygen atoms in total. The standard InChI is InChI=1S/C22H20FNO6S2/c23-17-8-6-16(7-9-17)14-24(18-12-13-31(26,27)15-18)22(25)20-10-11-21(30-20)32(28,29)19-4-2-1-3-5-19/h1-11,18H,12-15H2/t18-/m0/s1. The van der Waals surface area contributed by atoms with E-state index in [2.05, 4.69) is 0 Å². The minimum Gasteiger partial charge on any atom is -0.439 e. The molecule has 168 valence electrons. The second kappa shape index (κ2) is 8.51. The van der Waals surface area contributed by atoms with Crippen LogP contribution in [0.3, 0.4) is 0 Å². The summed E-state index contributed by atoms with van der Waals surface area (Å²) in [5, 5.41) is -0.382. The molecule has 0 N–H and O–H groups in total. The van der Waals surface area contributed by atoms with E-state index in [1.807, 2.05) is 0 Å². The Morgan fingerprint density at radius 1 is 1.03 bits per heavy atom. The number of hydrogen-bond acceptors (Lipinski definition) is 6. The zero-order valence-corrected chi connectivity index (χ0v) is 18.5. The van der Waals surface area contributed by atoms with E-state index in [4.69, 9.17) is 4.42 Å². The number of benzene rings is 2. The predicted octanol–water partition coefficient (Wildman–Crippen LogP) is 3.08. The number of hydrogen-bond donors (Lipinski definition) is 0. The first-order valence-corrected chi connectivity index (χ1v) is 13.1. The first-order chi connectivity index (χ1) is 15.2. The lowest BCUT2D eigenvalue weighted by Crippen LogP contribution is -2.40. The lowest BCUT2D eigenvalue weighted by molar-refractivity contribution is 0.0642. The molecule has 0 saturated carbocycles. The lowest BCUT2D eigenvalue weighted by Gasteiger charge is -2.27. The van der Waals surface area contributed by atoms with Gasteiger partial charge in [0.15, 0.2) is 15.6 Å². The fraction of sp³-hybridized carbons (Fsp3) is 0.227. The van der Waals surface area contributed by atoms with Gasteiger partial charge in [0.25, 0.3) is 5.91 Å². The van der Waals surface area contributed by atoms with Crippen molar-refractivity contribution in [1.29, 1.82) is 0 Å². The van der Waals surface area contributed by atoms with Crippen LogP contribution < -0.4 is 0 Å². The molecule has 0 radical (unpaired) electrons. The summed E-state index contributed by atoms with van der Waals surface area (Å²) in [6.45, 7) is 0.0285. The average molecular weight is 478 g/mol. The highest BCUT2D eigenvalue weighted by Crippen LogP contribution is 2.26. The molecule has 1 amide bonds. The monoisotopic (exact) mass is 477 g/mol. The zero-order chi connectivity index (χ0) is 22.9. The summed E-state index contributed by atoms with van der Waals surface area (Å²) in [5.41, 5.74) is 0.604. The molecule has 32 heavy (non-hydrogen) atoms. The van der Waals surface area contributed by atoms with Crippen molar-refractivity contribution in [3.8, 4) is 0 Å². The minimum atomic E-state index is -3.95. The van der Waals surface area contributed by atoms with Crippen LogP contribution in [0.1, 0.15) is 22.5 Å². The molecule has 1 atom stereocenters. The molecule has 3 aromatic rings. The van der Waals surface area contributed by atoms with Crippen LogP contribution in [-0.2, 0) is 26.2 Å². The van der Waals surface area contributed by atoms with Crippen molar-refractivity contribution in [3.05, 3.63) is 83.9 Å². The van der Waals surface area contributed by atoms with Crippen LogP contribution in [0.25, 0.3) is 0 Å². The van der Waals surface area contributed by atoms with Crippen LogP contribution in [0.15, 0.2) is 81.1 Å². The van der Waals surface area contributed by atoms with Gasteiger partial charge < -0.3 is 9.32 Å². The highest BCUT2D eigenvalue weighted by atomic mass is 32.2. The lowest BCUT2D eigenvalue weighted by atomic mass is 10.1. The largest absolute Gasteiger partial charge is 0.439 e. The van der Waals surface area contributed by atoms with Gasteiger partial charge in [0.1, 0.15) is 5.82 Å². The van der Waals surface area contributed by atoms with Gasteiger partial charge in [0.2, 0.25) is 14.9 Å². The number of amides is 1. The van der Waals surface area contributed by atoms with Gasteiger partial charge in [-0.1, -0.05) is 30.3 Å². The van der Waals surface area contributed by atoms with Crippen molar-refractivity contribution in [2.75, 3.05) is 11.5 Å². The van der Waals surface area contributed by atoms with Gasteiger partial charge in [-0.2, -0.15) is 0 Å². The Balaban J connectivity index is 1.65. The highest BCUT2D eigenvalue weighted by molar-refractivity contribution is 7.91. The Labute approximate surface area is 185 Å². The topological polar surface area (TPSA) is 102 Å². The minimum absolute atomic E-state index is 0.0263. The predicted molar refractivity (Wildman–Crippen MR) is 114 cm³/mol. The summed E-state index contributed by atoms with van der Waals surface area (Å²) >= 11 is 0. The van der Waals surface area contributed by atoms with E-state index < -0.39 is 37.4 Å². The van der Waals surface area contributed by atoms with Gasteiger partial charge in [0, 0.05) is 12.6 Å². The number of carbonyl (C=O) groups is 1. The molecule has 1 fully saturated rings. The Kier molecular flexibility index (Phi) is 5.91. The number of nitrogens with zero attached hydrogens (tertiary/aromatic N) is 1. The van der Waals surface area contributed by atoms with E-state index in [-0.39, 0.29) is 40.2 Å². The quantitative estimate of drug-likeness (QED) is 0.541. The maximum atomic E-state index is 13.3. The van der Waals surface area contributed by atoms with Crippen LogP contribution >= 0.6 is 0 Å². The second-order valence-corrected chi connectivity index (χ2v) is 11.7. The summed E-state index contributed by atoms with van der Waals surface area (Å²) in [7, 11) is -7.24. The van der Waals surface area contributed by atoms with E-state index in [0.29, 0.717) is 5.56 Å². The van der Waals surface area contributed by atoms with E-state index in [1.165, 1.54) is 53.4 Å². The molecule has 2 heterocycles. The molecule has 2 aromatic carbocycles. The zero-order valence-electron chi connectivity index (χ0n) is 16.8. The first-order valence-electron chi connectivity index (χ1n) is 9.81. The number of furan rings is 1. The molecule has 1 aliphatic rings. The van der Waals surface area contributed by atoms with Crippen LogP contribution in [0.5, 0.6) is 0 Å². The summed E-state index contributed by atoms with van der Waals surface area (Å²) in [6.07, 6.45) is 0.255. The van der Waals surface area contributed by atoms with Gasteiger partial charge in [-0.25, -0.2) is 21.2 Å². The Hall–Kier alpha value is -2.98. The fourth-order valence-corrected chi connectivity index (χ4v) is 6.54. The van der Waals surface area contributed by atoms with Crippen molar-refractivity contribution in [2.45, 2.75) is 29.0 Å². The van der Waals surface area contributed by atoms with Gasteiger partial charge in [0.05, 0.1) is 16.4 Å². The number of rotatable bonds is 6. The molecule has 10 heteroatoms. The number of carbonyl (C=O) groups excluding carboxylic acids is 1. The molecular weight excluding hydrogens is 457 g/mol. The average Bonchev–Trinajstić information content (AvgIpc) is 3.41. The van der Waals surface area contributed by atoms with Crippen molar-refractivity contribution in [3.63, 3.8) is 0 Å². The van der Waals surface area contributed by atoms with E-state index in [0.717, 1.165) is 0 Å². The molecule has 0 spiro atoms. The summed E-state index contributed by atoms with van der Waals surface area (Å²) < 4.78 is 68.2. The molecule has 1 saturated heterocycles. The van der Waals surface area contributed by atoms with Gasteiger partial charge in [-0.05, 0) is 48.4 Å². The maximum Gasteiger partial charge on any atom is 0.290 e. The maximum absolute atomic E-state index is 13.3. The highest BCUT2D eigenvalue weighted by Gasteiger charge is 2.36. The fourth-order valence-electron chi connectivity index (χ4n) is 3.61. The first kappa shape index (κ1) is 22.2. The third kappa shape index (κ3) is 4.61. The van der Waals surface area contributed by atoms with Crippen LogP contribution in [0.4, 0.5) is 4.39 Å². The second-order valence-electron chi connectivity index (χ2n) is 7.55. The van der Waals surface area contributed by atoms with Gasteiger partial charge in [-0.15, -0.1) is 0 Å². The Morgan fingerprint density at radius 3 is 2.34 bits per heavy atom. The Morgan fingerprint density at radius 2 is 1.72 bits per heavy atom. The third-order valence-corrected chi connectivity index (χ3v) is 8.68. The van der Waals surface area contributed by atoms with Gasteiger partial charge >= 0.3 is 0 Å². The van der Waals surface area contributed by atoms with Crippen LogP contribution in [0, 0.1) is 5.82 Å². The summed E-state index contributed by atoms with van der Waals surface area (Å²) in [5.74, 6) is -1.53. The van der Waals surface area contributed by atoms with E-state index in [9.17, 15) is 26.0 Å². The molecule has 1 aromatic heterocycles. The summed E-state index contributed by atoms with van der Waals surface area (Å²) in [6, 6.07) is 15.1. The van der Waals surface area contributed by atoms with Crippen molar-refractivity contribution >= 4 is 25.6 Å². The smallest absolute Gasteiger partial charge is 0.290 e. The van der Waals surface area contributed by atoms with E-state index >= 15 is 0 Å². The van der Waals surface area contributed by atoms with Crippen molar-refractivity contribution in [1.82, 2.24) is 4.90 Å². The molecule has 0 aliphatic carbocycles. The Bertz CT molecular complexity index is 1330. The molecule has 0 unspecified atom stereocenters. The molecular formula is C22H20FNO6S2. The SMILES string of the molecule is O=C(c1ccc(S(=O)(=O)c2ccccc2)o1)N(Cc1ccc(F)cc1)[C@H]1CCS(=O)(=O)C1. The third-order valence-electron chi connectivity index (χ3n) is 5.29. The van der Waals surface area contributed by atoms with Gasteiger partial charge in [-0.3, -0.25) is 4.79 Å². The molecule has 0 bridgehead atoms. The van der Waals surface area contributed by atoms with Crippen LogP contribution in [0.2, 0.25) is 0 Å². The summed E-state index contributed by atoms with van der Waals surface area (Å²) in [4.78, 5) is 14.6. The molecule has 4 rings (SSSR count). The van der Waals surface area contributed by atoms with Crippen LogP contribution in [-0.4, -0.2) is 45.2 Å². The normalized spacial score (nSPS) is 17.8. The van der Waals surface area contributed by atoms with E-state index in [1.54, 1.807) is 18.2 Å². The molecule has 1 aliphatic heterocycles. The number of sulfone groups is 2. The van der Waals surface area contributed by atoms with Crippen molar-refractivity contribution < 1.29 is 30.4 Å². The number of halogens is 1. The van der Waals surface area contributed by atoms with Crippen molar-refractivity contribution in [2.24, 2.45) is 0 Å².